The molecule has 31 heavy (non-hydrogen) atoms. The number of likely N-dealkylation sites (tertiary alicyclic amines) is 1. The molecule has 1 saturated heterocycles. The number of rotatable bonds is 7. The summed E-state index contributed by atoms with van der Waals surface area (Å²) < 4.78 is 22.0. The van der Waals surface area contributed by atoms with Crippen LogP contribution in [0.2, 0.25) is 0 Å². The number of fused-ring (bicyclic) bond motifs is 1. The molecule has 0 bridgehead atoms. The van der Waals surface area contributed by atoms with E-state index in [1.165, 1.54) is 19.3 Å². The van der Waals surface area contributed by atoms with Gasteiger partial charge >= 0.3 is 0 Å². The molecule has 2 heterocycles. The maximum Gasteiger partial charge on any atom is 0.162 e. The van der Waals surface area contributed by atoms with Crippen molar-refractivity contribution in [1.29, 1.82) is 0 Å². The summed E-state index contributed by atoms with van der Waals surface area (Å²) in [4.78, 5) is 12.3. The summed E-state index contributed by atoms with van der Waals surface area (Å²) in [5, 5.41) is 0.896. The lowest BCUT2D eigenvalue weighted by Gasteiger charge is -2.25. The Hall–Kier alpha value is -3.06. The summed E-state index contributed by atoms with van der Waals surface area (Å²) in [6.45, 7) is 2.89. The molecule has 0 unspecified atom stereocenters. The smallest absolute Gasteiger partial charge is 0.162 e. The minimum Gasteiger partial charge on any atom is -0.493 e. The fourth-order valence-electron chi connectivity index (χ4n) is 4.10. The number of aromatic nitrogens is 2. The van der Waals surface area contributed by atoms with Crippen molar-refractivity contribution in [2.75, 3.05) is 41.5 Å². The molecule has 7 nitrogen and oxygen atoms in total. The van der Waals surface area contributed by atoms with Crippen molar-refractivity contribution in [2.24, 2.45) is 0 Å². The minimum absolute atomic E-state index is 0.643. The van der Waals surface area contributed by atoms with Crippen molar-refractivity contribution in [2.45, 2.75) is 25.8 Å². The largest absolute Gasteiger partial charge is 0.493 e. The average Bonchev–Trinajstić information content (AvgIpc) is 2.82. The first-order valence-electron chi connectivity index (χ1n) is 10.5. The van der Waals surface area contributed by atoms with Crippen molar-refractivity contribution in [3.05, 3.63) is 36.2 Å². The topological polar surface area (TPSA) is 65.9 Å². The fourth-order valence-corrected chi connectivity index (χ4v) is 4.10. The molecular weight excluding hydrogens is 394 g/mol. The van der Waals surface area contributed by atoms with E-state index in [-0.39, 0.29) is 0 Å². The van der Waals surface area contributed by atoms with Crippen LogP contribution in [0.5, 0.6) is 23.0 Å². The molecule has 0 atom stereocenters. The number of ether oxygens (including phenoxy) is 4. The van der Waals surface area contributed by atoms with Crippen molar-refractivity contribution < 1.29 is 18.9 Å². The Morgan fingerprint density at radius 1 is 0.742 bits per heavy atom. The SMILES string of the molecule is COc1ccc(-c2nc(CN3CCCCC3)nc3cc(OC)c(OC)cc23)cc1OC. The second kappa shape index (κ2) is 9.39. The van der Waals surface area contributed by atoms with Crippen molar-refractivity contribution in [3.63, 3.8) is 0 Å². The van der Waals surface area contributed by atoms with Gasteiger partial charge in [-0.2, -0.15) is 0 Å². The van der Waals surface area contributed by atoms with E-state index in [9.17, 15) is 0 Å². The maximum absolute atomic E-state index is 5.53. The first-order valence-corrected chi connectivity index (χ1v) is 10.5. The highest BCUT2D eigenvalue weighted by molar-refractivity contribution is 5.94. The second-order valence-corrected chi connectivity index (χ2v) is 7.62. The van der Waals surface area contributed by atoms with E-state index in [1.54, 1.807) is 28.4 Å². The Balaban J connectivity index is 1.87. The predicted molar refractivity (Wildman–Crippen MR) is 120 cm³/mol. The van der Waals surface area contributed by atoms with E-state index in [2.05, 4.69) is 4.90 Å². The van der Waals surface area contributed by atoms with Gasteiger partial charge in [-0.05, 0) is 50.2 Å². The van der Waals surface area contributed by atoms with Crippen LogP contribution in [-0.4, -0.2) is 56.4 Å². The van der Waals surface area contributed by atoms with E-state index >= 15 is 0 Å². The highest BCUT2D eigenvalue weighted by Gasteiger charge is 2.18. The molecule has 1 aromatic heterocycles. The third-order valence-corrected chi connectivity index (χ3v) is 5.72. The van der Waals surface area contributed by atoms with Gasteiger partial charge in [0.1, 0.15) is 5.82 Å². The van der Waals surface area contributed by atoms with Crippen LogP contribution in [0.25, 0.3) is 22.2 Å². The lowest BCUT2D eigenvalue weighted by atomic mass is 10.0. The molecule has 164 valence electrons. The van der Waals surface area contributed by atoms with E-state index in [1.807, 2.05) is 30.3 Å². The van der Waals surface area contributed by atoms with Gasteiger partial charge in [-0.1, -0.05) is 6.42 Å². The first-order chi connectivity index (χ1) is 15.2. The summed E-state index contributed by atoms with van der Waals surface area (Å²) in [6, 6.07) is 9.68. The van der Waals surface area contributed by atoms with Gasteiger partial charge in [-0.25, -0.2) is 9.97 Å². The number of benzene rings is 2. The monoisotopic (exact) mass is 423 g/mol. The molecule has 3 aromatic rings. The molecule has 4 rings (SSSR count). The predicted octanol–water partition coefficient (Wildman–Crippen LogP) is 4.32. The Kier molecular flexibility index (Phi) is 6.42. The molecule has 1 fully saturated rings. The van der Waals surface area contributed by atoms with Crippen molar-refractivity contribution in [3.8, 4) is 34.3 Å². The Labute approximate surface area is 182 Å². The quantitative estimate of drug-likeness (QED) is 0.561. The molecule has 0 spiro atoms. The van der Waals surface area contributed by atoms with Crippen LogP contribution >= 0.6 is 0 Å². The molecule has 0 radical (unpaired) electrons. The summed E-state index contributed by atoms with van der Waals surface area (Å²) in [5.41, 5.74) is 2.58. The highest BCUT2D eigenvalue weighted by Crippen LogP contribution is 2.38. The molecule has 1 aliphatic rings. The zero-order valence-electron chi connectivity index (χ0n) is 18.6. The first kappa shape index (κ1) is 21.2. The molecule has 2 aromatic carbocycles. The molecule has 1 aliphatic heterocycles. The van der Waals surface area contributed by atoms with Gasteiger partial charge in [-0.3, -0.25) is 4.90 Å². The van der Waals surface area contributed by atoms with Gasteiger partial charge in [0.15, 0.2) is 23.0 Å². The van der Waals surface area contributed by atoms with Gasteiger partial charge in [0.05, 0.1) is 46.2 Å². The summed E-state index contributed by atoms with van der Waals surface area (Å²) in [7, 11) is 6.53. The van der Waals surface area contributed by atoms with Gasteiger partial charge in [-0.15, -0.1) is 0 Å². The number of methoxy groups -OCH3 is 4. The Bertz CT molecular complexity index is 1060. The number of piperidine rings is 1. The summed E-state index contributed by atoms with van der Waals surface area (Å²) in [5.74, 6) is 3.42. The lowest BCUT2D eigenvalue weighted by Crippen LogP contribution is -2.30. The number of nitrogens with zero attached hydrogens (tertiary/aromatic N) is 3. The van der Waals surface area contributed by atoms with Gasteiger partial charge in [0.25, 0.3) is 0 Å². The van der Waals surface area contributed by atoms with Crippen LogP contribution in [0.1, 0.15) is 25.1 Å². The van der Waals surface area contributed by atoms with Gasteiger partial charge < -0.3 is 18.9 Å². The summed E-state index contributed by atoms with van der Waals surface area (Å²) >= 11 is 0. The average molecular weight is 424 g/mol. The van der Waals surface area contributed by atoms with E-state index in [0.717, 1.165) is 47.6 Å². The summed E-state index contributed by atoms with van der Waals surface area (Å²) in [6.07, 6.45) is 3.74. The van der Waals surface area contributed by atoms with Crippen LogP contribution in [0.15, 0.2) is 30.3 Å². The molecular formula is C24H29N3O4. The van der Waals surface area contributed by atoms with Crippen LogP contribution in [0.4, 0.5) is 0 Å². The molecule has 7 heteroatoms. The Morgan fingerprint density at radius 2 is 1.39 bits per heavy atom. The lowest BCUT2D eigenvalue weighted by molar-refractivity contribution is 0.216. The number of hydrogen-bond acceptors (Lipinski definition) is 7. The maximum atomic E-state index is 5.53. The standard InChI is InChI=1S/C24H29N3O4/c1-28-19-9-8-16(12-20(19)29-2)24-17-13-21(30-3)22(31-4)14-18(17)25-23(26-24)15-27-10-6-5-7-11-27/h8-9,12-14H,5-7,10-11,15H2,1-4H3. The zero-order chi connectivity index (χ0) is 21.8. The normalized spacial score (nSPS) is 14.5. The van der Waals surface area contributed by atoms with Gasteiger partial charge in [0, 0.05) is 17.0 Å². The minimum atomic E-state index is 0.643. The van der Waals surface area contributed by atoms with E-state index in [0.29, 0.717) is 23.0 Å². The molecule has 0 amide bonds. The molecule has 0 aliphatic carbocycles. The molecule has 0 saturated carbocycles. The van der Waals surface area contributed by atoms with Gasteiger partial charge in [0.2, 0.25) is 0 Å². The van der Waals surface area contributed by atoms with Crippen molar-refractivity contribution >= 4 is 10.9 Å². The third kappa shape index (κ3) is 4.37. The van der Waals surface area contributed by atoms with E-state index in [4.69, 9.17) is 28.9 Å². The third-order valence-electron chi connectivity index (χ3n) is 5.72. The highest BCUT2D eigenvalue weighted by atomic mass is 16.5. The van der Waals surface area contributed by atoms with E-state index < -0.39 is 0 Å². The second-order valence-electron chi connectivity index (χ2n) is 7.62. The molecule has 0 N–H and O–H groups in total. The fraction of sp³-hybridized carbons (Fsp3) is 0.417. The Morgan fingerprint density at radius 3 is 2.06 bits per heavy atom. The van der Waals surface area contributed by atoms with Crippen LogP contribution in [0.3, 0.4) is 0 Å². The zero-order valence-corrected chi connectivity index (χ0v) is 18.6. The van der Waals surface area contributed by atoms with Crippen LogP contribution < -0.4 is 18.9 Å². The van der Waals surface area contributed by atoms with Crippen molar-refractivity contribution in [1.82, 2.24) is 14.9 Å². The number of hydrogen-bond donors (Lipinski definition) is 0. The van der Waals surface area contributed by atoms with Crippen LogP contribution in [0, 0.1) is 0 Å². The van der Waals surface area contributed by atoms with Crippen LogP contribution in [-0.2, 0) is 6.54 Å².